The Bertz CT molecular complexity index is 382. The lowest BCUT2D eigenvalue weighted by Crippen LogP contribution is -2.36. The summed E-state index contributed by atoms with van der Waals surface area (Å²) in [5, 5.41) is 27.2. The second kappa shape index (κ2) is 4.48. The molecule has 0 aliphatic carbocycles. The first kappa shape index (κ1) is 11.8. The molecule has 0 aromatic heterocycles. The van der Waals surface area contributed by atoms with Crippen LogP contribution in [-0.4, -0.2) is 27.3 Å². The fourth-order valence-electron chi connectivity index (χ4n) is 1.05. The quantitative estimate of drug-likeness (QED) is 0.606. The maximum Gasteiger partial charge on any atom is 0.323 e. The van der Waals surface area contributed by atoms with Gasteiger partial charge in [-0.1, -0.05) is 17.7 Å². The van der Waals surface area contributed by atoms with Gasteiger partial charge in [-0.15, -0.1) is 0 Å². The molecule has 15 heavy (non-hydrogen) atoms. The highest BCUT2D eigenvalue weighted by Crippen LogP contribution is 2.27. The molecule has 5 N–H and O–H groups in total. The maximum atomic E-state index is 10.5. The van der Waals surface area contributed by atoms with Crippen LogP contribution in [0, 0.1) is 0 Å². The van der Waals surface area contributed by atoms with Gasteiger partial charge in [-0.3, -0.25) is 4.79 Å². The van der Waals surface area contributed by atoms with Gasteiger partial charge in [-0.25, -0.2) is 0 Å². The smallest absolute Gasteiger partial charge is 0.323 e. The summed E-state index contributed by atoms with van der Waals surface area (Å²) in [6, 6.07) is 2.46. The maximum absolute atomic E-state index is 10.5. The van der Waals surface area contributed by atoms with Gasteiger partial charge in [0.05, 0.1) is 5.02 Å². The third-order valence-electron chi connectivity index (χ3n) is 1.94. The van der Waals surface area contributed by atoms with Crippen molar-refractivity contribution in [1.82, 2.24) is 0 Å². The molecule has 2 unspecified atom stereocenters. The fraction of sp³-hybridized carbons (Fsp3) is 0.222. The van der Waals surface area contributed by atoms with Gasteiger partial charge in [0.25, 0.3) is 0 Å². The third kappa shape index (κ3) is 2.59. The lowest BCUT2D eigenvalue weighted by molar-refractivity contribution is -0.141. The molecule has 0 heterocycles. The molecule has 82 valence electrons. The summed E-state index contributed by atoms with van der Waals surface area (Å²) in [5.74, 6) is -1.46. The van der Waals surface area contributed by atoms with Crippen molar-refractivity contribution in [3.8, 4) is 5.75 Å². The molecule has 0 aliphatic heterocycles. The molecule has 2 atom stereocenters. The summed E-state index contributed by atoms with van der Waals surface area (Å²) >= 11 is 5.59. The van der Waals surface area contributed by atoms with Crippen molar-refractivity contribution >= 4 is 17.6 Å². The molecule has 1 aromatic carbocycles. The van der Waals surface area contributed by atoms with Crippen molar-refractivity contribution in [3.63, 3.8) is 0 Å². The molecule has 0 saturated heterocycles. The summed E-state index contributed by atoms with van der Waals surface area (Å²) in [6.45, 7) is 0. The summed E-state index contributed by atoms with van der Waals surface area (Å²) in [7, 11) is 0. The number of aromatic hydroxyl groups is 1. The van der Waals surface area contributed by atoms with Crippen LogP contribution < -0.4 is 5.73 Å². The van der Waals surface area contributed by atoms with Crippen LogP contribution in [-0.2, 0) is 4.79 Å². The minimum Gasteiger partial charge on any atom is -0.506 e. The zero-order valence-electron chi connectivity index (χ0n) is 7.59. The molecule has 0 radical (unpaired) electrons. The van der Waals surface area contributed by atoms with Gasteiger partial charge in [0.1, 0.15) is 17.9 Å². The lowest BCUT2D eigenvalue weighted by Gasteiger charge is -2.15. The normalized spacial score (nSPS) is 14.6. The number of benzene rings is 1. The van der Waals surface area contributed by atoms with Gasteiger partial charge in [-0.05, 0) is 17.7 Å². The Balaban J connectivity index is 2.96. The van der Waals surface area contributed by atoms with E-state index >= 15 is 0 Å². The largest absolute Gasteiger partial charge is 0.506 e. The van der Waals surface area contributed by atoms with Crippen LogP contribution in [0.4, 0.5) is 0 Å². The van der Waals surface area contributed by atoms with Crippen LogP contribution in [0.25, 0.3) is 0 Å². The topological polar surface area (TPSA) is 104 Å². The van der Waals surface area contributed by atoms with Crippen molar-refractivity contribution in [2.75, 3.05) is 0 Å². The highest BCUT2D eigenvalue weighted by molar-refractivity contribution is 6.32. The van der Waals surface area contributed by atoms with Gasteiger partial charge in [0.2, 0.25) is 0 Å². The molecule has 0 saturated carbocycles. The van der Waals surface area contributed by atoms with Crippen LogP contribution in [0.2, 0.25) is 5.02 Å². The summed E-state index contributed by atoms with van der Waals surface area (Å²) in [4.78, 5) is 10.5. The molecular formula is C9H10ClNO4. The zero-order chi connectivity index (χ0) is 11.6. The number of hydrogen-bond acceptors (Lipinski definition) is 4. The van der Waals surface area contributed by atoms with Crippen LogP contribution >= 0.6 is 11.6 Å². The van der Waals surface area contributed by atoms with E-state index < -0.39 is 18.1 Å². The molecule has 1 aromatic rings. The zero-order valence-corrected chi connectivity index (χ0v) is 8.35. The van der Waals surface area contributed by atoms with Gasteiger partial charge >= 0.3 is 5.97 Å². The van der Waals surface area contributed by atoms with Crippen molar-refractivity contribution in [3.05, 3.63) is 28.8 Å². The van der Waals surface area contributed by atoms with E-state index in [9.17, 15) is 9.90 Å². The predicted octanol–water partition coefficient (Wildman–Crippen LogP) is 0.491. The number of carboxylic acids is 1. The van der Waals surface area contributed by atoms with E-state index in [1.165, 1.54) is 18.2 Å². The van der Waals surface area contributed by atoms with Crippen LogP contribution in [0.3, 0.4) is 0 Å². The van der Waals surface area contributed by atoms with Crippen molar-refractivity contribution < 1.29 is 20.1 Å². The number of rotatable bonds is 3. The number of nitrogens with two attached hydrogens (primary N) is 1. The Kier molecular flexibility index (Phi) is 3.52. The van der Waals surface area contributed by atoms with E-state index in [-0.39, 0.29) is 16.3 Å². The van der Waals surface area contributed by atoms with Crippen molar-refractivity contribution in [2.45, 2.75) is 12.1 Å². The van der Waals surface area contributed by atoms with Gasteiger partial charge in [-0.2, -0.15) is 0 Å². The number of aliphatic carboxylic acids is 1. The molecule has 0 amide bonds. The van der Waals surface area contributed by atoms with Gasteiger partial charge in [0, 0.05) is 0 Å². The summed E-state index contributed by atoms with van der Waals surface area (Å²) < 4.78 is 0. The van der Waals surface area contributed by atoms with Crippen molar-refractivity contribution in [1.29, 1.82) is 0 Å². The first-order valence-corrected chi connectivity index (χ1v) is 4.46. The molecule has 0 fully saturated rings. The Morgan fingerprint density at radius 3 is 2.53 bits per heavy atom. The Hall–Kier alpha value is -1.30. The van der Waals surface area contributed by atoms with Gasteiger partial charge in [0.15, 0.2) is 0 Å². The first-order valence-electron chi connectivity index (χ1n) is 4.08. The number of phenols is 1. The Morgan fingerprint density at radius 2 is 2.07 bits per heavy atom. The average molecular weight is 232 g/mol. The van der Waals surface area contributed by atoms with Crippen LogP contribution in [0.15, 0.2) is 18.2 Å². The first-order chi connectivity index (χ1) is 6.93. The Labute approximate surface area is 90.7 Å². The van der Waals surface area contributed by atoms with Crippen molar-refractivity contribution in [2.24, 2.45) is 5.73 Å². The van der Waals surface area contributed by atoms with E-state index in [1.807, 2.05) is 0 Å². The number of aliphatic hydroxyl groups excluding tert-OH is 1. The number of aliphatic hydroxyl groups is 1. The van der Waals surface area contributed by atoms with Gasteiger partial charge < -0.3 is 21.1 Å². The standard InChI is InChI=1S/C9H10ClNO4/c10-5-3-4(1-2-6(5)12)8(13)7(11)9(14)15/h1-3,7-8,12-13H,11H2,(H,14,15). The number of carbonyl (C=O) groups is 1. The molecule has 1 rings (SSSR count). The monoisotopic (exact) mass is 231 g/mol. The summed E-state index contributed by atoms with van der Waals surface area (Å²) in [5.41, 5.74) is 5.47. The second-order valence-electron chi connectivity index (χ2n) is 3.02. The van der Waals surface area contributed by atoms with Crippen LogP contribution in [0.1, 0.15) is 11.7 Å². The number of hydrogen-bond donors (Lipinski definition) is 4. The molecule has 6 heteroatoms. The molecule has 0 aliphatic rings. The Morgan fingerprint density at radius 1 is 1.47 bits per heavy atom. The average Bonchev–Trinajstić information content (AvgIpc) is 2.19. The van der Waals surface area contributed by atoms with E-state index in [0.29, 0.717) is 0 Å². The summed E-state index contributed by atoms with van der Waals surface area (Å²) in [6.07, 6.45) is -1.36. The van der Waals surface area contributed by atoms with E-state index in [0.717, 1.165) is 0 Å². The SMILES string of the molecule is NC(C(=O)O)C(O)c1ccc(O)c(Cl)c1. The minimum absolute atomic E-state index is 0.0316. The van der Waals surface area contributed by atoms with E-state index in [1.54, 1.807) is 0 Å². The van der Waals surface area contributed by atoms with E-state index in [4.69, 9.17) is 27.5 Å². The third-order valence-corrected chi connectivity index (χ3v) is 2.24. The highest BCUT2D eigenvalue weighted by Gasteiger charge is 2.23. The fourth-order valence-corrected chi connectivity index (χ4v) is 1.24. The second-order valence-corrected chi connectivity index (χ2v) is 3.43. The molecule has 0 spiro atoms. The number of halogens is 1. The minimum atomic E-state index is -1.43. The lowest BCUT2D eigenvalue weighted by atomic mass is 10.0. The molecule has 5 nitrogen and oxygen atoms in total. The van der Waals surface area contributed by atoms with E-state index in [2.05, 4.69) is 0 Å². The molecule has 0 bridgehead atoms. The number of phenolic OH excluding ortho intramolecular Hbond substituents is 1. The molecular weight excluding hydrogens is 222 g/mol. The predicted molar refractivity (Wildman–Crippen MR) is 53.7 cm³/mol. The van der Waals surface area contributed by atoms with Crippen LogP contribution in [0.5, 0.6) is 5.75 Å². The number of carboxylic acid groups (broad SMARTS) is 1. The highest BCUT2D eigenvalue weighted by atomic mass is 35.5.